The van der Waals surface area contributed by atoms with Crippen LogP contribution in [0, 0.1) is 5.92 Å². The van der Waals surface area contributed by atoms with Crippen LogP contribution in [0.3, 0.4) is 0 Å². The molecule has 1 aliphatic rings. The molecule has 1 aliphatic heterocycles. The number of rotatable bonds is 11. The lowest BCUT2D eigenvalue weighted by atomic mass is 10.0. The van der Waals surface area contributed by atoms with Gasteiger partial charge in [0.05, 0.1) is 13.1 Å². The number of ether oxygens (including phenoxy) is 1. The number of hydrogen-bond acceptors (Lipinski definition) is 5. The fraction of sp³-hybridized carbons (Fsp3) is 0.857. The van der Waals surface area contributed by atoms with Gasteiger partial charge < -0.3 is 15.4 Å². The van der Waals surface area contributed by atoms with E-state index in [9.17, 15) is 0 Å². The molecule has 0 bridgehead atoms. The third-order valence-electron chi connectivity index (χ3n) is 5.39. The van der Waals surface area contributed by atoms with Crippen LogP contribution in [0.2, 0.25) is 0 Å². The van der Waals surface area contributed by atoms with Crippen LogP contribution >= 0.6 is 24.0 Å². The smallest absolute Gasteiger partial charge is 0.191 e. The van der Waals surface area contributed by atoms with Gasteiger partial charge in [-0.25, -0.2) is 9.67 Å². The maximum absolute atomic E-state index is 5.16. The Labute approximate surface area is 199 Å². The van der Waals surface area contributed by atoms with Gasteiger partial charge in [-0.3, -0.25) is 9.89 Å². The number of guanidine groups is 1. The minimum absolute atomic E-state index is 0. The molecule has 0 saturated heterocycles. The van der Waals surface area contributed by atoms with E-state index in [0.29, 0.717) is 24.6 Å². The first kappa shape index (κ1) is 27.1. The molecule has 0 aliphatic carbocycles. The van der Waals surface area contributed by atoms with Gasteiger partial charge in [0.15, 0.2) is 11.8 Å². The molecular formula is C21H42IN7O. The fourth-order valence-electron chi connectivity index (χ4n) is 4.00. The summed E-state index contributed by atoms with van der Waals surface area (Å²) in [6.07, 6.45) is 3.11. The SMILES string of the molecule is CCNC(=NCC(CC(C)C)N(CC)CC)NC1CCc2nc(COC)nn2C1.I. The van der Waals surface area contributed by atoms with Gasteiger partial charge in [-0.1, -0.05) is 27.7 Å². The van der Waals surface area contributed by atoms with Crippen molar-refractivity contribution >= 4 is 29.9 Å². The van der Waals surface area contributed by atoms with Gasteiger partial charge in [-0.15, -0.1) is 24.0 Å². The van der Waals surface area contributed by atoms with Gasteiger partial charge in [0.2, 0.25) is 0 Å². The number of fused-ring (bicyclic) bond motifs is 1. The monoisotopic (exact) mass is 535 g/mol. The van der Waals surface area contributed by atoms with Crippen LogP contribution in [0.25, 0.3) is 0 Å². The molecule has 0 fully saturated rings. The lowest BCUT2D eigenvalue weighted by Gasteiger charge is -2.30. The van der Waals surface area contributed by atoms with E-state index >= 15 is 0 Å². The number of nitrogens with one attached hydrogen (secondary N) is 2. The Morgan fingerprint density at radius 2 is 2.03 bits per heavy atom. The van der Waals surface area contributed by atoms with E-state index in [1.165, 1.54) is 6.42 Å². The van der Waals surface area contributed by atoms with E-state index in [1.807, 2.05) is 4.68 Å². The number of aromatic nitrogens is 3. The van der Waals surface area contributed by atoms with Gasteiger partial charge >= 0.3 is 0 Å². The van der Waals surface area contributed by atoms with Gasteiger partial charge in [-0.05, 0) is 38.8 Å². The number of aliphatic imine (C=N–C) groups is 1. The Morgan fingerprint density at radius 1 is 1.30 bits per heavy atom. The number of likely N-dealkylation sites (N-methyl/N-ethyl adjacent to an activating group) is 1. The van der Waals surface area contributed by atoms with Gasteiger partial charge in [-0.2, -0.15) is 5.10 Å². The first-order valence-corrected chi connectivity index (χ1v) is 11.2. The second-order valence-corrected chi connectivity index (χ2v) is 8.16. The van der Waals surface area contributed by atoms with E-state index in [2.05, 4.69) is 60.2 Å². The van der Waals surface area contributed by atoms with Crippen molar-refractivity contribution in [3.8, 4) is 0 Å². The van der Waals surface area contributed by atoms with Crippen LogP contribution in [-0.4, -0.2) is 71.0 Å². The first-order chi connectivity index (χ1) is 14.0. The molecule has 2 unspecified atom stereocenters. The van der Waals surface area contributed by atoms with Gasteiger partial charge in [0, 0.05) is 32.2 Å². The number of hydrogen-bond donors (Lipinski definition) is 2. The Morgan fingerprint density at radius 3 is 2.63 bits per heavy atom. The van der Waals surface area contributed by atoms with Crippen LogP contribution < -0.4 is 10.6 Å². The molecule has 2 N–H and O–H groups in total. The molecule has 0 radical (unpaired) electrons. The molecule has 0 saturated carbocycles. The number of aryl methyl sites for hydroxylation is 1. The average molecular weight is 536 g/mol. The predicted molar refractivity (Wildman–Crippen MR) is 134 cm³/mol. The highest BCUT2D eigenvalue weighted by atomic mass is 127. The number of methoxy groups -OCH3 is 1. The maximum atomic E-state index is 5.16. The maximum Gasteiger partial charge on any atom is 0.191 e. The highest BCUT2D eigenvalue weighted by Gasteiger charge is 2.23. The molecule has 0 aromatic carbocycles. The van der Waals surface area contributed by atoms with Gasteiger partial charge in [0.25, 0.3) is 0 Å². The summed E-state index contributed by atoms with van der Waals surface area (Å²) in [5.74, 6) is 3.38. The van der Waals surface area contributed by atoms with Gasteiger partial charge in [0.1, 0.15) is 12.4 Å². The Kier molecular flexibility index (Phi) is 12.8. The van der Waals surface area contributed by atoms with Crippen molar-refractivity contribution in [3.05, 3.63) is 11.6 Å². The van der Waals surface area contributed by atoms with E-state index in [0.717, 1.165) is 63.2 Å². The molecule has 2 rings (SSSR count). The topological polar surface area (TPSA) is 79.6 Å². The molecule has 30 heavy (non-hydrogen) atoms. The average Bonchev–Trinajstić information content (AvgIpc) is 3.08. The summed E-state index contributed by atoms with van der Waals surface area (Å²) in [6, 6.07) is 0.778. The highest BCUT2D eigenvalue weighted by molar-refractivity contribution is 14.0. The standard InChI is InChI=1S/C21H41N7O.HI/c1-7-22-21(23-13-18(12-16(4)5)27(8-2)9-3)24-17-10-11-20-25-19(15-29-6)26-28(20)14-17;/h16-18H,7-15H2,1-6H3,(H2,22,23,24);1H. The quantitative estimate of drug-likeness (QED) is 0.258. The summed E-state index contributed by atoms with van der Waals surface area (Å²) in [5.41, 5.74) is 0. The van der Waals surface area contributed by atoms with E-state index in [4.69, 9.17) is 9.73 Å². The van der Waals surface area contributed by atoms with Crippen molar-refractivity contribution in [1.82, 2.24) is 30.3 Å². The zero-order valence-electron chi connectivity index (χ0n) is 19.6. The molecule has 2 heterocycles. The van der Waals surface area contributed by atoms with Crippen molar-refractivity contribution in [2.24, 2.45) is 10.9 Å². The summed E-state index contributed by atoms with van der Waals surface area (Å²) in [7, 11) is 1.67. The molecule has 1 aromatic heterocycles. The molecule has 8 nitrogen and oxygen atoms in total. The first-order valence-electron chi connectivity index (χ1n) is 11.2. The normalized spacial score (nSPS) is 17.6. The summed E-state index contributed by atoms with van der Waals surface area (Å²) in [6.45, 7) is 16.2. The molecule has 2 atom stereocenters. The lowest BCUT2D eigenvalue weighted by Crippen LogP contribution is -2.48. The molecule has 174 valence electrons. The predicted octanol–water partition coefficient (Wildman–Crippen LogP) is 2.67. The van der Waals surface area contributed by atoms with Crippen molar-refractivity contribution < 1.29 is 4.74 Å². The van der Waals surface area contributed by atoms with Crippen molar-refractivity contribution in [3.63, 3.8) is 0 Å². The summed E-state index contributed by atoms with van der Waals surface area (Å²) >= 11 is 0. The largest absolute Gasteiger partial charge is 0.377 e. The van der Waals surface area contributed by atoms with Crippen molar-refractivity contribution in [1.29, 1.82) is 0 Å². The zero-order chi connectivity index (χ0) is 21.2. The second kappa shape index (κ2) is 14.2. The molecule has 9 heteroatoms. The van der Waals surface area contributed by atoms with E-state index < -0.39 is 0 Å². The number of halogens is 1. The highest BCUT2D eigenvalue weighted by Crippen LogP contribution is 2.14. The molecule has 1 aromatic rings. The summed E-state index contributed by atoms with van der Waals surface area (Å²) < 4.78 is 7.17. The third kappa shape index (κ3) is 8.30. The fourth-order valence-corrected chi connectivity index (χ4v) is 4.00. The minimum Gasteiger partial charge on any atom is -0.377 e. The van der Waals surface area contributed by atoms with E-state index in [-0.39, 0.29) is 24.0 Å². The Bertz CT molecular complexity index is 631. The number of nitrogens with zero attached hydrogens (tertiary/aromatic N) is 5. The minimum atomic E-state index is 0. The lowest BCUT2D eigenvalue weighted by molar-refractivity contribution is 0.177. The van der Waals surface area contributed by atoms with Crippen molar-refractivity contribution in [2.75, 3.05) is 33.3 Å². The molecule has 0 spiro atoms. The van der Waals surface area contributed by atoms with Crippen LogP contribution in [0.15, 0.2) is 4.99 Å². The van der Waals surface area contributed by atoms with Crippen LogP contribution in [0.4, 0.5) is 0 Å². The second-order valence-electron chi connectivity index (χ2n) is 8.16. The summed E-state index contributed by atoms with van der Waals surface area (Å²) in [5, 5.41) is 11.6. The van der Waals surface area contributed by atoms with Crippen LogP contribution in [0.1, 0.15) is 59.1 Å². The Balaban J connectivity index is 0.00000450. The zero-order valence-corrected chi connectivity index (χ0v) is 22.0. The Hall–Kier alpha value is -0.940. The van der Waals surface area contributed by atoms with Crippen LogP contribution in [-0.2, 0) is 24.3 Å². The molecule has 0 amide bonds. The van der Waals surface area contributed by atoms with Crippen LogP contribution in [0.5, 0.6) is 0 Å². The molecular weight excluding hydrogens is 493 g/mol. The third-order valence-corrected chi connectivity index (χ3v) is 5.39. The van der Waals surface area contributed by atoms with E-state index in [1.54, 1.807) is 7.11 Å². The summed E-state index contributed by atoms with van der Waals surface area (Å²) in [4.78, 5) is 12.0. The van der Waals surface area contributed by atoms with Crippen molar-refractivity contribution in [2.45, 2.75) is 79.1 Å².